The van der Waals surface area contributed by atoms with Gasteiger partial charge in [0.2, 0.25) is 5.88 Å². The summed E-state index contributed by atoms with van der Waals surface area (Å²) in [6.45, 7) is 0.541. The summed E-state index contributed by atoms with van der Waals surface area (Å²) in [7, 11) is -1.45. The number of nitrogens with one attached hydrogen (secondary N) is 1. The number of rotatable bonds is 6. The van der Waals surface area contributed by atoms with Gasteiger partial charge in [-0.05, 0) is 23.8 Å². The van der Waals surface area contributed by atoms with Crippen molar-refractivity contribution in [1.29, 1.82) is 0 Å². The van der Waals surface area contributed by atoms with E-state index in [2.05, 4.69) is 10.3 Å². The Labute approximate surface area is 124 Å². The maximum Gasteiger partial charge on any atom is 0.213 e. The van der Waals surface area contributed by atoms with Crippen LogP contribution < -0.4 is 10.1 Å². The van der Waals surface area contributed by atoms with Crippen LogP contribution in [-0.2, 0) is 22.1 Å². The highest BCUT2D eigenvalue weighted by Crippen LogP contribution is 2.14. The van der Waals surface area contributed by atoms with Gasteiger partial charge in [-0.25, -0.2) is 13.4 Å². The van der Waals surface area contributed by atoms with Crippen LogP contribution in [0.4, 0.5) is 5.69 Å². The van der Waals surface area contributed by atoms with E-state index < -0.39 is 9.84 Å². The van der Waals surface area contributed by atoms with Crippen molar-refractivity contribution in [2.45, 2.75) is 12.3 Å². The van der Waals surface area contributed by atoms with Gasteiger partial charge in [0.15, 0.2) is 9.84 Å². The Kier molecular flexibility index (Phi) is 4.80. The summed E-state index contributed by atoms with van der Waals surface area (Å²) in [6.07, 6.45) is 1.23. The summed E-state index contributed by atoms with van der Waals surface area (Å²) in [5.74, 6) is 0.611. The number of hydrogen-bond donors (Lipinski definition) is 1. The number of ether oxygens (including phenoxy) is 1. The van der Waals surface area contributed by atoms with E-state index in [0.29, 0.717) is 12.4 Å². The van der Waals surface area contributed by atoms with Crippen LogP contribution in [0.5, 0.6) is 5.88 Å². The quantitative estimate of drug-likeness (QED) is 0.886. The molecule has 1 N–H and O–H groups in total. The van der Waals surface area contributed by atoms with Crippen molar-refractivity contribution >= 4 is 15.5 Å². The Morgan fingerprint density at radius 3 is 2.67 bits per heavy atom. The number of methoxy groups -OCH3 is 1. The molecule has 0 spiro atoms. The van der Waals surface area contributed by atoms with Crippen molar-refractivity contribution in [2.24, 2.45) is 0 Å². The molecule has 1 heterocycles. The Hall–Kier alpha value is -2.08. The summed E-state index contributed by atoms with van der Waals surface area (Å²) in [5, 5.41) is 3.23. The van der Waals surface area contributed by atoms with Gasteiger partial charge in [-0.2, -0.15) is 0 Å². The van der Waals surface area contributed by atoms with Crippen LogP contribution in [-0.4, -0.2) is 26.8 Å². The molecule has 0 bridgehead atoms. The minimum absolute atomic E-state index is 0.0416. The van der Waals surface area contributed by atoms with Crippen LogP contribution in [0.2, 0.25) is 0 Å². The molecular formula is C15H18N2O3S. The molecule has 6 heteroatoms. The number of benzene rings is 1. The predicted octanol–water partition coefficient (Wildman–Crippen LogP) is 2.25. The highest BCUT2D eigenvalue weighted by atomic mass is 32.2. The average molecular weight is 306 g/mol. The van der Waals surface area contributed by atoms with Crippen molar-refractivity contribution in [3.05, 3.63) is 53.7 Å². The Balaban J connectivity index is 2.04. The molecule has 0 saturated carbocycles. The van der Waals surface area contributed by atoms with E-state index >= 15 is 0 Å². The van der Waals surface area contributed by atoms with Gasteiger partial charge in [0.1, 0.15) is 0 Å². The van der Waals surface area contributed by atoms with E-state index in [1.807, 2.05) is 30.3 Å². The lowest BCUT2D eigenvalue weighted by Crippen LogP contribution is -2.04. The Morgan fingerprint density at radius 2 is 1.95 bits per heavy atom. The summed E-state index contributed by atoms with van der Waals surface area (Å²) >= 11 is 0. The molecule has 112 valence electrons. The zero-order valence-corrected chi connectivity index (χ0v) is 12.9. The van der Waals surface area contributed by atoms with Crippen LogP contribution in [0.25, 0.3) is 0 Å². The molecule has 21 heavy (non-hydrogen) atoms. The summed E-state index contributed by atoms with van der Waals surface area (Å²) in [5.41, 5.74) is 2.48. The third-order valence-corrected chi connectivity index (χ3v) is 3.68. The van der Waals surface area contributed by atoms with Crippen molar-refractivity contribution < 1.29 is 13.2 Å². The van der Waals surface area contributed by atoms with Gasteiger partial charge in [-0.3, -0.25) is 0 Å². The number of anilines is 1. The molecule has 0 atom stereocenters. The van der Waals surface area contributed by atoms with Crippen LogP contribution in [0.3, 0.4) is 0 Å². The first-order valence-corrected chi connectivity index (χ1v) is 8.53. The Morgan fingerprint density at radius 1 is 1.19 bits per heavy atom. The first-order chi connectivity index (χ1) is 9.96. The van der Waals surface area contributed by atoms with Gasteiger partial charge >= 0.3 is 0 Å². The maximum absolute atomic E-state index is 11.3. The fraction of sp³-hybridized carbons (Fsp3) is 0.267. The second-order valence-electron chi connectivity index (χ2n) is 4.80. The van der Waals surface area contributed by atoms with Gasteiger partial charge in [-0.15, -0.1) is 0 Å². The van der Waals surface area contributed by atoms with Crippen LogP contribution >= 0.6 is 0 Å². The molecule has 0 fully saturated rings. The van der Waals surface area contributed by atoms with Crippen LogP contribution in [0, 0.1) is 0 Å². The third kappa shape index (κ3) is 5.07. The van der Waals surface area contributed by atoms with Gasteiger partial charge in [0.25, 0.3) is 0 Å². The zero-order valence-electron chi connectivity index (χ0n) is 12.0. The van der Waals surface area contributed by atoms with Gasteiger partial charge in [0, 0.05) is 18.0 Å². The van der Waals surface area contributed by atoms with E-state index in [9.17, 15) is 8.42 Å². The Bertz CT molecular complexity index is 714. The van der Waals surface area contributed by atoms with E-state index in [1.54, 1.807) is 19.2 Å². The lowest BCUT2D eigenvalue weighted by Gasteiger charge is -2.08. The fourth-order valence-electron chi connectivity index (χ4n) is 1.94. The summed E-state index contributed by atoms with van der Waals surface area (Å²) in [6, 6.07) is 12.9. The summed E-state index contributed by atoms with van der Waals surface area (Å²) < 4.78 is 27.7. The van der Waals surface area contributed by atoms with Gasteiger partial charge < -0.3 is 10.1 Å². The first kappa shape index (κ1) is 15.3. The minimum Gasteiger partial charge on any atom is -0.481 e. The molecule has 0 unspecified atom stereocenters. The molecule has 0 aliphatic rings. The second-order valence-corrected chi connectivity index (χ2v) is 6.94. The molecule has 2 aromatic rings. The van der Waals surface area contributed by atoms with Gasteiger partial charge in [0.05, 0.1) is 25.1 Å². The molecule has 5 nitrogen and oxygen atoms in total. The number of pyridine rings is 1. The van der Waals surface area contributed by atoms with Crippen molar-refractivity contribution in [1.82, 2.24) is 4.98 Å². The highest BCUT2D eigenvalue weighted by Gasteiger charge is 2.05. The molecule has 1 aromatic carbocycles. The normalized spacial score (nSPS) is 11.1. The fourth-order valence-corrected chi connectivity index (χ4v) is 2.72. The van der Waals surface area contributed by atoms with E-state index in [-0.39, 0.29) is 5.75 Å². The molecule has 0 radical (unpaired) electrons. The number of hydrogen-bond acceptors (Lipinski definition) is 5. The monoisotopic (exact) mass is 306 g/mol. The molecule has 0 aliphatic heterocycles. The maximum atomic E-state index is 11.3. The average Bonchev–Trinajstić information content (AvgIpc) is 2.44. The predicted molar refractivity (Wildman–Crippen MR) is 83.1 cm³/mol. The SMILES string of the molecule is COc1cccc(CNc2cccc(CS(C)(=O)=O)c2)n1. The number of sulfone groups is 1. The van der Waals surface area contributed by atoms with Crippen LogP contribution in [0.15, 0.2) is 42.5 Å². The first-order valence-electron chi connectivity index (χ1n) is 6.47. The van der Waals surface area contributed by atoms with E-state index in [4.69, 9.17) is 4.74 Å². The largest absolute Gasteiger partial charge is 0.481 e. The smallest absolute Gasteiger partial charge is 0.213 e. The molecule has 0 aliphatic carbocycles. The van der Waals surface area contributed by atoms with Crippen molar-refractivity contribution in [3.63, 3.8) is 0 Å². The van der Waals surface area contributed by atoms with Crippen molar-refractivity contribution in [3.8, 4) is 5.88 Å². The zero-order chi connectivity index (χ0) is 15.3. The molecular weight excluding hydrogens is 288 g/mol. The lowest BCUT2D eigenvalue weighted by molar-refractivity contribution is 0.396. The van der Waals surface area contributed by atoms with E-state index in [1.165, 1.54) is 6.26 Å². The standard InChI is InChI=1S/C15H18N2O3S/c1-20-15-8-4-7-14(17-15)10-16-13-6-3-5-12(9-13)11-21(2,18)19/h3-9,16H,10-11H2,1-2H3. The van der Waals surface area contributed by atoms with Crippen molar-refractivity contribution in [2.75, 3.05) is 18.7 Å². The number of nitrogens with zero attached hydrogens (tertiary/aromatic N) is 1. The molecule has 2 rings (SSSR count). The van der Waals surface area contributed by atoms with Gasteiger partial charge in [-0.1, -0.05) is 18.2 Å². The third-order valence-electron chi connectivity index (χ3n) is 2.82. The van der Waals surface area contributed by atoms with E-state index in [0.717, 1.165) is 16.9 Å². The second kappa shape index (κ2) is 6.58. The minimum atomic E-state index is -3.03. The summed E-state index contributed by atoms with van der Waals surface area (Å²) in [4.78, 5) is 4.31. The molecule has 0 saturated heterocycles. The molecule has 1 aromatic heterocycles. The topological polar surface area (TPSA) is 68.3 Å². The lowest BCUT2D eigenvalue weighted by atomic mass is 10.2. The molecule has 0 amide bonds. The number of aromatic nitrogens is 1. The van der Waals surface area contributed by atoms with Crippen LogP contribution in [0.1, 0.15) is 11.3 Å². The highest BCUT2D eigenvalue weighted by molar-refractivity contribution is 7.89.